The van der Waals surface area contributed by atoms with E-state index in [1.165, 1.54) is 0 Å². The lowest BCUT2D eigenvalue weighted by molar-refractivity contribution is -0.147. The summed E-state index contributed by atoms with van der Waals surface area (Å²) in [6.45, 7) is 2.56. The molecule has 7 heteroatoms. The highest BCUT2D eigenvalue weighted by Crippen LogP contribution is 2.36. The molecule has 0 aromatic heterocycles. The first-order chi connectivity index (χ1) is 16.3. The quantitative estimate of drug-likeness (QED) is 0.407. The fourth-order valence-corrected chi connectivity index (χ4v) is 4.99. The number of amides is 1. The summed E-state index contributed by atoms with van der Waals surface area (Å²) in [5.41, 5.74) is 3.82. The molecule has 2 atom stereocenters. The second kappa shape index (κ2) is 10.6. The Labute approximate surface area is 208 Å². The second-order valence-corrected chi connectivity index (χ2v) is 9.36. The molecule has 0 bridgehead atoms. The van der Waals surface area contributed by atoms with Gasteiger partial charge in [-0.2, -0.15) is 0 Å². The molecule has 1 amide bonds. The molecule has 0 unspecified atom stereocenters. The minimum atomic E-state index is -0.972. The van der Waals surface area contributed by atoms with Crippen molar-refractivity contribution in [2.24, 2.45) is 0 Å². The number of aromatic carboxylic acids is 1. The van der Waals surface area contributed by atoms with Gasteiger partial charge in [-0.05, 0) is 65.9 Å². The Morgan fingerprint density at radius 1 is 1.06 bits per heavy atom. The number of piperidine rings is 1. The first kappa shape index (κ1) is 24.3. The van der Waals surface area contributed by atoms with Gasteiger partial charge in [-0.1, -0.05) is 59.6 Å². The van der Waals surface area contributed by atoms with Gasteiger partial charge >= 0.3 is 5.97 Å². The number of carboxylic acid groups (broad SMARTS) is 1. The topological polar surface area (TPSA) is 66.8 Å². The SMILES string of the molecule is Cc1cc(C(=O)O)ccc1CN1C(=O)CC[C@H](OCc2cc(Cl)cc(Cl)c2)[C@@H]1c1ccccc1. The molecule has 34 heavy (non-hydrogen) atoms. The normalized spacial score (nSPS) is 18.2. The highest BCUT2D eigenvalue weighted by molar-refractivity contribution is 6.34. The Hall–Kier alpha value is -2.86. The van der Waals surface area contributed by atoms with Gasteiger partial charge < -0.3 is 14.7 Å². The van der Waals surface area contributed by atoms with Gasteiger partial charge in [0.2, 0.25) is 5.91 Å². The van der Waals surface area contributed by atoms with Crippen molar-refractivity contribution in [2.75, 3.05) is 0 Å². The molecule has 1 aliphatic heterocycles. The van der Waals surface area contributed by atoms with Crippen molar-refractivity contribution in [1.29, 1.82) is 0 Å². The number of nitrogens with zero attached hydrogens (tertiary/aromatic N) is 1. The third-order valence-corrected chi connectivity index (χ3v) is 6.55. The summed E-state index contributed by atoms with van der Waals surface area (Å²) in [5.74, 6) is -0.929. The summed E-state index contributed by atoms with van der Waals surface area (Å²) in [4.78, 5) is 26.3. The van der Waals surface area contributed by atoms with E-state index < -0.39 is 5.97 Å². The monoisotopic (exact) mass is 497 g/mol. The molecule has 1 heterocycles. The van der Waals surface area contributed by atoms with Gasteiger partial charge in [0.05, 0.1) is 24.3 Å². The number of rotatable bonds is 7. The Morgan fingerprint density at radius 2 is 1.76 bits per heavy atom. The number of carbonyl (C=O) groups excluding carboxylic acids is 1. The molecule has 3 aromatic rings. The summed E-state index contributed by atoms with van der Waals surface area (Å²) < 4.78 is 6.35. The molecule has 5 nitrogen and oxygen atoms in total. The summed E-state index contributed by atoms with van der Waals surface area (Å²) in [7, 11) is 0. The standard InChI is InChI=1S/C27H25Cl2NO4/c1-17-11-20(27(32)33)7-8-21(17)15-30-25(31)10-9-24(26(30)19-5-3-2-4-6-19)34-16-18-12-22(28)14-23(29)13-18/h2-8,11-14,24,26H,9-10,15-16H2,1H3,(H,32,33)/t24-,26-/m0/s1. The zero-order chi connectivity index (χ0) is 24.2. The fourth-order valence-electron chi connectivity index (χ4n) is 4.42. The lowest BCUT2D eigenvalue weighted by atomic mass is 9.90. The minimum absolute atomic E-state index is 0.0428. The number of benzene rings is 3. The number of ether oxygens (including phenoxy) is 1. The van der Waals surface area contributed by atoms with Crippen LogP contribution < -0.4 is 0 Å². The van der Waals surface area contributed by atoms with Gasteiger partial charge in [-0.15, -0.1) is 0 Å². The maximum atomic E-state index is 13.1. The molecule has 0 spiro atoms. The van der Waals surface area contributed by atoms with E-state index >= 15 is 0 Å². The Bertz CT molecular complexity index is 1180. The van der Waals surface area contributed by atoms with E-state index in [0.29, 0.717) is 36.0 Å². The largest absolute Gasteiger partial charge is 0.478 e. The van der Waals surface area contributed by atoms with Crippen LogP contribution in [0.2, 0.25) is 10.0 Å². The molecule has 1 fully saturated rings. The fraction of sp³-hybridized carbons (Fsp3) is 0.259. The van der Waals surface area contributed by atoms with E-state index in [9.17, 15) is 14.7 Å². The predicted molar refractivity (Wildman–Crippen MR) is 132 cm³/mol. The van der Waals surface area contributed by atoms with Crippen molar-refractivity contribution in [3.8, 4) is 0 Å². The minimum Gasteiger partial charge on any atom is -0.478 e. The third-order valence-electron chi connectivity index (χ3n) is 6.11. The van der Waals surface area contributed by atoms with E-state index in [-0.39, 0.29) is 23.6 Å². The van der Waals surface area contributed by atoms with E-state index in [0.717, 1.165) is 22.3 Å². The zero-order valence-electron chi connectivity index (χ0n) is 18.7. The number of carboxylic acids is 1. The van der Waals surface area contributed by atoms with Gasteiger partial charge in [0.25, 0.3) is 0 Å². The van der Waals surface area contributed by atoms with Crippen LogP contribution in [0, 0.1) is 6.92 Å². The summed E-state index contributed by atoms with van der Waals surface area (Å²) in [6, 6.07) is 19.9. The second-order valence-electron chi connectivity index (χ2n) is 8.49. The molecular formula is C27H25Cl2NO4. The van der Waals surface area contributed by atoms with Gasteiger partial charge in [0, 0.05) is 23.0 Å². The van der Waals surface area contributed by atoms with Crippen molar-refractivity contribution in [3.63, 3.8) is 0 Å². The van der Waals surface area contributed by atoms with E-state index in [4.69, 9.17) is 27.9 Å². The first-order valence-corrected chi connectivity index (χ1v) is 11.8. The molecule has 1 aliphatic rings. The molecule has 1 saturated heterocycles. The van der Waals surface area contributed by atoms with Crippen LogP contribution in [-0.4, -0.2) is 28.0 Å². The van der Waals surface area contributed by atoms with Crippen molar-refractivity contribution in [3.05, 3.63) is 105 Å². The van der Waals surface area contributed by atoms with Crippen molar-refractivity contribution < 1.29 is 19.4 Å². The Balaban J connectivity index is 1.62. The van der Waals surface area contributed by atoms with Gasteiger partial charge in [0.1, 0.15) is 0 Å². The smallest absolute Gasteiger partial charge is 0.335 e. The van der Waals surface area contributed by atoms with E-state index in [1.807, 2.05) is 54.3 Å². The van der Waals surface area contributed by atoms with E-state index in [2.05, 4.69) is 0 Å². The summed E-state index contributed by atoms with van der Waals surface area (Å²) >= 11 is 12.3. The van der Waals surface area contributed by atoms with E-state index in [1.54, 1.807) is 24.3 Å². The maximum Gasteiger partial charge on any atom is 0.335 e. The molecule has 0 saturated carbocycles. The average Bonchev–Trinajstić information content (AvgIpc) is 2.80. The molecule has 4 rings (SSSR count). The lowest BCUT2D eigenvalue weighted by Gasteiger charge is -2.41. The highest BCUT2D eigenvalue weighted by Gasteiger charge is 2.37. The number of halogens is 2. The number of hydrogen-bond donors (Lipinski definition) is 1. The molecule has 0 aliphatic carbocycles. The Morgan fingerprint density at radius 3 is 2.41 bits per heavy atom. The van der Waals surface area contributed by atoms with Crippen LogP contribution in [0.15, 0.2) is 66.7 Å². The lowest BCUT2D eigenvalue weighted by Crippen LogP contribution is -2.46. The van der Waals surface area contributed by atoms with Crippen LogP contribution >= 0.6 is 23.2 Å². The van der Waals surface area contributed by atoms with Crippen molar-refractivity contribution in [1.82, 2.24) is 4.90 Å². The van der Waals surface area contributed by atoms with Gasteiger partial charge in [-0.25, -0.2) is 4.79 Å². The van der Waals surface area contributed by atoms with Crippen LogP contribution in [0.25, 0.3) is 0 Å². The maximum absolute atomic E-state index is 13.1. The Kier molecular flexibility index (Phi) is 7.57. The number of aryl methyl sites for hydroxylation is 1. The van der Waals surface area contributed by atoms with Gasteiger partial charge in [0.15, 0.2) is 0 Å². The number of hydrogen-bond acceptors (Lipinski definition) is 3. The van der Waals surface area contributed by atoms with Crippen LogP contribution in [0.5, 0.6) is 0 Å². The molecule has 3 aromatic carbocycles. The summed E-state index contributed by atoms with van der Waals surface area (Å²) in [6.07, 6.45) is 0.743. The molecule has 1 N–H and O–H groups in total. The molecule has 0 radical (unpaired) electrons. The van der Waals surface area contributed by atoms with Crippen molar-refractivity contribution >= 4 is 35.1 Å². The summed E-state index contributed by atoms with van der Waals surface area (Å²) in [5, 5.41) is 10.4. The average molecular weight is 498 g/mol. The van der Waals surface area contributed by atoms with Crippen LogP contribution in [0.4, 0.5) is 0 Å². The van der Waals surface area contributed by atoms with Crippen molar-refractivity contribution in [2.45, 2.75) is 45.1 Å². The van der Waals surface area contributed by atoms with Gasteiger partial charge in [-0.3, -0.25) is 4.79 Å². The number of carbonyl (C=O) groups is 2. The van der Waals surface area contributed by atoms with Crippen LogP contribution in [-0.2, 0) is 22.7 Å². The van der Waals surface area contributed by atoms with Crippen LogP contribution in [0.3, 0.4) is 0 Å². The number of likely N-dealkylation sites (tertiary alicyclic amines) is 1. The zero-order valence-corrected chi connectivity index (χ0v) is 20.2. The molecule has 176 valence electrons. The van der Waals surface area contributed by atoms with Crippen LogP contribution in [0.1, 0.15) is 51.5 Å². The first-order valence-electron chi connectivity index (χ1n) is 11.1. The third kappa shape index (κ3) is 5.61. The highest BCUT2D eigenvalue weighted by atomic mass is 35.5. The predicted octanol–water partition coefficient (Wildman–Crippen LogP) is 6.45. The molecular weight excluding hydrogens is 473 g/mol.